The smallest absolute Gasteiger partial charge is 0.271 e. The van der Waals surface area contributed by atoms with Gasteiger partial charge in [-0.15, -0.1) is 10.2 Å². The van der Waals surface area contributed by atoms with E-state index in [0.29, 0.717) is 11.1 Å². The molecule has 1 amide bonds. The number of nitrogen functional groups attached to an aromatic ring is 1. The highest BCUT2D eigenvalue weighted by molar-refractivity contribution is 8.00. The predicted molar refractivity (Wildman–Crippen MR) is 102 cm³/mol. The molecule has 0 aliphatic rings. The normalized spacial score (nSPS) is 12.2. The first-order valence-electron chi connectivity index (χ1n) is 8.12. The summed E-state index contributed by atoms with van der Waals surface area (Å²) >= 11 is 1.26. The van der Waals surface area contributed by atoms with Crippen LogP contribution >= 0.6 is 11.8 Å². The van der Waals surface area contributed by atoms with Crippen LogP contribution in [-0.2, 0) is 4.79 Å². The Morgan fingerprint density at radius 1 is 1.23 bits per heavy atom. The highest BCUT2D eigenvalue weighted by Gasteiger charge is 2.23. The summed E-state index contributed by atoms with van der Waals surface area (Å²) in [7, 11) is 1.75. The van der Waals surface area contributed by atoms with Gasteiger partial charge in [0.05, 0.1) is 10.9 Å². The van der Waals surface area contributed by atoms with Crippen LogP contribution in [0, 0.1) is 13.8 Å². The molecule has 0 radical (unpaired) electrons. The number of nitrogens with zero attached hydrogens (tertiary/aromatic N) is 6. The van der Waals surface area contributed by atoms with Gasteiger partial charge in [0.25, 0.3) is 5.95 Å². The largest absolute Gasteiger partial charge is 0.334 e. The first-order chi connectivity index (χ1) is 12.4. The summed E-state index contributed by atoms with van der Waals surface area (Å²) in [5.74, 6) is 6.50. The van der Waals surface area contributed by atoms with Crippen LogP contribution in [0.15, 0.2) is 41.6 Å². The first kappa shape index (κ1) is 18.0. The fourth-order valence-electron chi connectivity index (χ4n) is 2.59. The molecule has 0 aliphatic carbocycles. The Bertz CT molecular complexity index is 919. The van der Waals surface area contributed by atoms with Gasteiger partial charge in [-0.3, -0.25) is 4.79 Å². The number of anilines is 1. The standard InChI is InChI=1S/C17H21N7OS/c1-11-10-12(2)24(21-11)16-19-20-17(23(16)18)26-13(3)15(25)22(4)14-8-6-5-7-9-14/h5-10,13H,18H2,1-4H3/t13-/m0/s1. The van der Waals surface area contributed by atoms with E-state index in [1.54, 1.807) is 16.6 Å². The Morgan fingerprint density at radius 3 is 2.54 bits per heavy atom. The van der Waals surface area contributed by atoms with Crippen molar-refractivity contribution < 1.29 is 4.79 Å². The number of amides is 1. The van der Waals surface area contributed by atoms with Gasteiger partial charge in [0.2, 0.25) is 11.1 Å². The SMILES string of the molecule is Cc1cc(C)n(-c2nnc(S[C@@H](C)C(=O)N(C)c3ccccc3)n2N)n1. The van der Waals surface area contributed by atoms with Crippen LogP contribution in [0.25, 0.3) is 5.95 Å². The second-order valence-corrected chi connectivity index (χ2v) is 7.29. The molecule has 26 heavy (non-hydrogen) atoms. The minimum absolute atomic E-state index is 0.0446. The quantitative estimate of drug-likeness (QED) is 0.544. The number of benzene rings is 1. The molecule has 2 N–H and O–H groups in total. The summed E-state index contributed by atoms with van der Waals surface area (Å²) < 4.78 is 2.99. The predicted octanol–water partition coefficient (Wildman–Crippen LogP) is 1.94. The molecule has 3 rings (SSSR count). The maximum Gasteiger partial charge on any atom is 0.271 e. The number of hydrogen-bond acceptors (Lipinski definition) is 6. The van der Waals surface area contributed by atoms with E-state index < -0.39 is 0 Å². The molecule has 0 unspecified atom stereocenters. The Hall–Kier alpha value is -2.81. The second-order valence-electron chi connectivity index (χ2n) is 5.98. The van der Waals surface area contributed by atoms with Gasteiger partial charge in [0.1, 0.15) is 0 Å². The number of aromatic nitrogens is 5. The lowest BCUT2D eigenvalue weighted by Crippen LogP contribution is -2.33. The molecule has 2 aromatic heterocycles. The maximum atomic E-state index is 12.7. The van der Waals surface area contributed by atoms with Crippen molar-refractivity contribution in [2.75, 3.05) is 17.8 Å². The van der Waals surface area contributed by atoms with Crippen molar-refractivity contribution in [1.82, 2.24) is 24.7 Å². The third-order valence-corrected chi connectivity index (χ3v) is 4.99. The van der Waals surface area contributed by atoms with Crippen molar-refractivity contribution in [3.8, 4) is 5.95 Å². The Morgan fingerprint density at radius 2 is 1.92 bits per heavy atom. The topological polar surface area (TPSA) is 94.9 Å². The first-order valence-corrected chi connectivity index (χ1v) is 9.00. The van der Waals surface area contributed by atoms with E-state index in [4.69, 9.17) is 5.84 Å². The third kappa shape index (κ3) is 3.43. The van der Waals surface area contributed by atoms with E-state index in [1.807, 2.05) is 57.2 Å². The number of carbonyl (C=O) groups is 1. The molecule has 8 nitrogen and oxygen atoms in total. The van der Waals surface area contributed by atoms with E-state index in [9.17, 15) is 4.79 Å². The Labute approximate surface area is 156 Å². The number of carbonyl (C=O) groups excluding carboxylic acids is 1. The molecule has 0 aliphatic heterocycles. The minimum atomic E-state index is -0.375. The molecule has 0 saturated heterocycles. The van der Waals surface area contributed by atoms with Gasteiger partial charge in [-0.05, 0) is 39.0 Å². The lowest BCUT2D eigenvalue weighted by Gasteiger charge is -2.20. The van der Waals surface area contributed by atoms with Gasteiger partial charge < -0.3 is 10.7 Å². The van der Waals surface area contributed by atoms with Crippen LogP contribution in [0.2, 0.25) is 0 Å². The fourth-order valence-corrected chi connectivity index (χ4v) is 3.44. The van der Waals surface area contributed by atoms with Gasteiger partial charge >= 0.3 is 0 Å². The number of para-hydroxylation sites is 1. The Kier molecular flexibility index (Phi) is 4.99. The number of aryl methyl sites for hydroxylation is 2. The highest BCUT2D eigenvalue weighted by atomic mass is 32.2. The molecule has 0 bridgehead atoms. The van der Waals surface area contributed by atoms with Crippen LogP contribution < -0.4 is 10.7 Å². The van der Waals surface area contributed by atoms with Crippen LogP contribution in [0.3, 0.4) is 0 Å². The van der Waals surface area contributed by atoms with Gasteiger partial charge in [0, 0.05) is 18.4 Å². The summed E-state index contributed by atoms with van der Waals surface area (Å²) in [6, 6.07) is 11.4. The van der Waals surface area contributed by atoms with Crippen molar-refractivity contribution in [3.63, 3.8) is 0 Å². The fraction of sp³-hybridized carbons (Fsp3) is 0.294. The summed E-state index contributed by atoms with van der Waals surface area (Å²) in [6.45, 7) is 5.64. The van der Waals surface area contributed by atoms with E-state index >= 15 is 0 Å². The summed E-state index contributed by atoms with van der Waals surface area (Å²) in [5.41, 5.74) is 2.61. The zero-order valence-corrected chi connectivity index (χ0v) is 15.9. The lowest BCUT2D eigenvalue weighted by atomic mass is 10.3. The molecule has 9 heteroatoms. The molecular weight excluding hydrogens is 350 g/mol. The molecule has 1 atom stereocenters. The number of nitrogens with two attached hydrogens (primary N) is 1. The van der Waals surface area contributed by atoms with Crippen LogP contribution in [0.4, 0.5) is 5.69 Å². The van der Waals surface area contributed by atoms with Crippen molar-refractivity contribution in [2.45, 2.75) is 31.2 Å². The van der Waals surface area contributed by atoms with E-state index in [1.165, 1.54) is 16.4 Å². The monoisotopic (exact) mass is 371 g/mol. The average Bonchev–Trinajstić information content (AvgIpc) is 3.15. The van der Waals surface area contributed by atoms with Crippen molar-refractivity contribution in [1.29, 1.82) is 0 Å². The van der Waals surface area contributed by atoms with E-state index in [2.05, 4.69) is 15.3 Å². The van der Waals surface area contributed by atoms with E-state index in [-0.39, 0.29) is 11.2 Å². The minimum Gasteiger partial charge on any atom is -0.334 e. The number of thioether (sulfide) groups is 1. The zero-order valence-electron chi connectivity index (χ0n) is 15.1. The Balaban J connectivity index is 1.77. The molecule has 1 aromatic carbocycles. The zero-order chi connectivity index (χ0) is 18.8. The highest BCUT2D eigenvalue weighted by Crippen LogP contribution is 2.25. The van der Waals surface area contributed by atoms with Crippen molar-refractivity contribution in [3.05, 3.63) is 47.8 Å². The van der Waals surface area contributed by atoms with Gasteiger partial charge in [-0.25, -0.2) is 9.36 Å². The summed E-state index contributed by atoms with van der Waals surface area (Å²) in [4.78, 5) is 14.3. The molecular formula is C17H21N7OS. The molecule has 3 aromatic rings. The van der Waals surface area contributed by atoms with Crippen molar-refractivity contribution >= 4 is 23.4 Å². The lowest BCUT2D eigenvalue weighted by molar-refractivity contribution is -0.117. The average molecular weight is 371 g/mol. The maximum absolute atomic E-state index is 12.7. The van der Waals surface area contributed by atoms with Crippen molar-refractivity contribution in [2.24, 2.45) is 0 Å². The van der Waals surface area contributed by atoms with Crippen LogP contribution in [0.1, 0.15) is 18.3 Å². The molecule has 0 fully saturated rings. The second kappa shape index (κ2) is 7.20. The number of hydrogen-bond donors (Lipinski definition) is 1. The van der Waals surface area contributed by atoms with Gasteiger partial charge in [-0.1, -0.05) is 30.0 Å². The third-order valence-electron chi connectivity index (χ3n) is 3.95. The van der Waals surface area contributed by atoms with Gasteiger partial charge in [0.15, 0.2) is 0 Å². The molecule has 2 heterocycles. The number of rotatable bonds is 5. The van der Waals surface area contributed by atoms with Crippen LogP contribution in [0.5, 0.6) is 0 Å². The van der Waals surface area contributed by atoms with E-state index in [0.717, 1.165) is 17.1 Å². The molecule has 136 valence electrons. The summed E-state index contributed by atoms with van der Waals surface area (Å²) in [5, 5.41) is 12.7. The van der Waals surface area contributed by atoms with Crippen LogP contribution in [-0.4, -0.2) is 42.9 Å². The molecule has 0 spiro atoms. The van der Waals surface area contributed by atoms with Gasteiger partial charge in [-0.2, -0.15) is 5.10 Å². The molecule has 0 saturated carbocycles. The summed E-state index contributed by atoms with van der Waals surface area (Å²) in [6.07, 6.45) is 0.